The summed E-state index contributed by atoms with van der Waals surface area (Å²) in [6.45, 7) is 16.5. The van der Waals surface area contributed by atoms with Crippen molar-refractivity contribution in [2.75, 3.05) is 0 Å². The lowest BCUT2D eigenvalue weighted by molar-refractivity contribution is -0.204. The Morgan fingerprint density at radius 3 is 1.78 bits per heavy atom. The Balaban J connectivity index is 1.37. The summed E-state index contributed by atoms with van der Waals surface area (Å²) in [5.74, 6) is -2.36. The molecule has 0 radical (unpaired) electrons. The van der Waals surface area contributed by atoms with Crippen molar-refractivity contribution in [1.82, 2.24) is 0 Å². The lowest BCUT2D eigenvalue weighted by Crippen LogP contribution is -2.55. The highest BCUT2D eigenvalue weighted by Gasteiger charge is 2.78. The first-order valence-electron chi connectivity index (χ1n) is 15.8. The number of hydrogen-bond acceptors (Lipinski definition) is 11. The molecule has 2 aliphatic carbocycles. The second-order valence-corrected chi connectivity index (χ2v) is 17.5. The third kappa shape index (κ3) is 3.42. The van der Waals surface area contributed by atoms with Crippen LogP contribution in [0.25, 0.3) is 11.0 Å². The number of benzene rings is 1. The number of carbonyl (C=O) groups excluding carboxylic acids is 4. The largest absolute Gasteiger partial charge is 0.454 e. The summed E-state index contributed by atoms with van der Waals surface area (Å²) in [5.41, 5.74) is -5.86. The molecule has 5 aliphatic rings. The van der Waals surface area contributed by atoms with Crippen LogP contribution < -0.4 is 5.63 Å². The number of ether oxygens (including phenoxy) is 4. The predicted molar refractivity (Wildman–Crippen MR) is 166 cm³/mol. The van der Waals surface area contributed by atoms with E-state index in [-0.39, 0.29) is 12.0 Å². The Bertz CT molecular complexity index is 1840. The van der Waals surface area contributed by atoms with Gasteiger partial charge in [-0.05, 0) is 78.0 Å². The lowest BCUT2D eigenvalue weighted by atomic mass is 9.66. The van der Waals surface area contributed by atoms with E-state index in [4.69, 9.17) is 23.4 Å². The third-order valence-electron chi connectivity index (χ3n) is 13.0. The van der Waals surface area contributed by atoms with Gasteiger partial charge in [-0.15, -0.1) is 11.8 Å². The van der Waals surface area contributed by atoms with E-state index < -0.39 is 79.3 Å². The second-order valence-electron chi connectivity index (χ2n) is 15.8. The molecule has 2 saturated heterocycles. The normalized spacial score (nSPS) is 37.5. The summed E-state index contributed by atoms with van der Waals surface area (Å²) in [5, 5.41) is 0.639. The number of fused-ring (bicyclic) bond motifs is 7. The standard InChI is InChI=1S/C35H40O10S/c1-17-16-20(36)41-22-18(17)10-11-19-21(22)23(42-27(39)34-14-12-32(8,25(37)44-34)30(34,4)5)24(29(2,3)46-19)43-28(40)35-15-13-33(9,26(38)45-35)31(35,6)7/h10-11,16,23-24H,12-15H2,1-9H3/t23-,24-,32+,33+,34-,35-/m1/s1. The van der Waals surface area contributed by atoms with Gasteiger partial charge in [0.2, 0.25) is 11.2 Å². The van der Waals surface area contributed by atoms with Crippen LogP contribution in [-0.2, 0) is 38.1 Å². The van der Waals surface area contributed by atoms with E-state index in [1.54, 1.807) is 6.92 Å². The van der Waals surface area contributed by atoms with E-state index in [0.29, 0.717) is 40.7 Å². The molecule has 4 bridgehead atoms. The average Bonchev–Trinajstić information content (AvgIpc) is 3.42. The molecule has 0 amide bonds. The number of carbonyl (C=O) groups is 4. The van der Waals surface area contributed by atoms with E-state index in [1.807, 2.05) is 67.5 Å². The molecule has 246 valence electrons. The zero-order valence-electron chi connectivity index (χ0n) is 27.7. The second kappa shape index (κ2) is 8.96. The predicted octanol–water partition coefficient (Wildman–Crippen LogP) is 5.73. The van der Waals surface area contributed by atoms with Crippen LogP contribution in [0.4, 0.5) is 0 Å². The van der Waals surface area contributed by atoms with Gasteiger partial charge in [0, 0.05) is 27.2 Å². The molecular formula is C35H40O10S. The van der Waals surface area contributed by atoms with Gasteiger partial charge in [-0.3, -0.25) is 9.59 Å². The Hall–Kier alpha value is -3.34. The SMILES string of the molecule is Cc1cc(=O)oc2c3c(ccc12)SC(C)(C)[C@H](OC(=O)[C@@]12CC[C@@](C)(C(=O)O1)C2(C)C)[C@@H]3OC(=O)[C@@]12CC[C@@](C)(C(=O)O1)C2(C)C. The molecule has 11 heteroatoms. The van der Waals surface area contributed by atoms with Gasteiger partial charge in [0.25, 0.3) is 0 Å². The molecule has 1 aromatic heterocycles. The van der Waals surface area contributed by atoms with Gasteiger partial charge < -0.3 is 23.4 Å². The summed E-state index contributed by atoms with van der Waals surface area (Å²) < 4.78 is 29.5. The minimum absolute atomic E-state index is 0.222. The number of rotatable bonds is 4. The Labute approximate surface area is 271 Å². The molecule has 0 unspecified atom stereocenters. The molecule has 0 N–H and O–H groups in total. The zero-order valence-corrected chi connectivity index (χ0v) is 28.5. The summed E-state index contributed by atoms with van der Waals surface area (Å²) >= 11 is 1.40. The number of aryl methyl sites for hydroxylation is 1. The summed E-state index contributed by atoms with van der Waals surface area (Å²) in [6.07, 6.45) is -0.873. The molecule has 4 heterocycles. The van der Waals surface area contributed by atoms with Crippen molar-refractivity contribution in [3.8, 4) is 0 Å². The van der Waals surface area contributed by atoms with Crippen LogP contribution >= 0.6 is 11.8 Å². The van der Waals surface area contributed by atoms with Crippen molar-refractivity contribution < 1.29 is 42.5 Å². The number of hydrogen-bond donors (Lipinski definition) is 0. The molecule has 2 saturated carbocycles. The van der Waals surface area contributed by atoms with E-state index >= 15 is 0 Å². The van der Waals surface area contributed by atoms with Crippen LogP contribution in [0.2, 0.25) is 0 Å². The molecule has 4 fully saturated rings. The molecule has 3 aliphatic heterocycles. The smallest absolute Gasteiger partial charge is 0.351 e. The monoisotopic (exact) mass is 652 g/mol. The van der Waals surface area contributed by atoms with Gasteiger partial charge in [0.15, 0.2) is 12.2 Å². The minimum Gasteiger partial charge on any atom is -0.454 e. The van der Waals surface area contributed by atoms with Crippen LogP contribution in [-0.4, -0.2) is 45.9 Å². The van der Waals surface area contributed by atoms with Crippen molar-refractivity contribution >= 4 is 46.6 Å². The molecule has 7 rings (SSSR count). The highest BCUT2D eigenvalue weighted by atomic mass is 32.2. The Morgan fingerprint density at radius 2 is 1.30 bits per heavy atom. The van der Waals surface area contributed by atoms with Crippen LogP contribution in [0.3, 0.4) is 0 Å². The van der Waals surface area contributed by atoms with E-state index in [0.717, 1.165) is 0 Å². The summed E-state index contributed by atoms with van der Waals surface area (Å²) in [6, 6.07) is 5.12. The zero-order chi connectivity index (χ0) is 33.6. The van der Waals surface area contributed by atoms with Gasteiger partial charge in [-0.25, -0.2) is 14.4 Å². The van der Waals surface area contributed by atoms with Crippen LogP contribution in [0.15, 0.2) is 32.3 Å². The third-order valence-corrected chi connectivity index (χ3v) is 14.4. The fraction of sp³-hybridized carbons (Fsp3) is 0.629. The molecule has 1 aromatic carbocycles. The Morgan fingerprint density at radius 1 is 0.783 bits per heavy atom. The summed E-state index contributed by atoms with van der Waals surface area (Å²) in [4.78, 5) is 68.3. The first kappa shape index (κ1) is 31.3. The van der Waals surface area contributed by atoms with E-state index in [1.165, 1.54) is 17.8 Å². The lowest BCUT2D eigenvalue weighted by Gasteiger charge is -2.45. The molecule has 10 nitrogen and oxygen atoms in total. The number of thioether (sulfide) groups is 1. The van der Waals surface area contributed by atoms with Crippen LogP contribution in [0.1, 0.15) is 98.3 Å². The van der Waals surface area contributed by atoms with Gasteiger partial charge in [0.1, 0.15) is 5.58 Å². The van der Waals surface area contributed by atoms with E-state index in [2.05, 4.69) is 0 Å². The topological polar surface area (TPSA) is 135 Å². The van der Waals surface area contributed by atoms with Crippen molar-refractivity contribution in [1.29, 1.82) is 0 Å². The maximum Gasteiger partial charge on any atom is 0.351 e. The van der Waals surface area contributed by atoms with Gasteiger partial charge in [-0.1, -0.05) is 27.7 Å². The first-order chi connectivity index (χ1) is 21.2. The maximum absolute atomic E-state index is 14.5. The van der Waals surface area contributed by atoms with Crippen molar-refractivity contribution in [3.63, 3.8) is 0 Å². The fourth-order valence-electron chi connectivity index (χ4n) is 8.75. The first-order valence-corrected chi connectivity index (χ1v) is 16.7. The van der Waals surface area contributed by atoms with Crippen LogP contribution in [0.5, 0.6) is 0 Å². The molecule has 6 atom stereocenters. The average molecular weight is 653 g/mol. The van der Waals surface area contributed by atoms with E-state index in [9.17, 15) is 24.0 Å². The molecule has 2 aromatic rings. The van der Waals surface area contributed by atoms with Crippen molar-refractivity contribution in [3.05, 3.63) is 39.7 Å². The highest BCUT2D eigenvalue weighted by Crippen LogP contribution is 2.68. The van der Waals surface area contributed by atoms with Crippen molar-refractivity contribution in [2.24, 2.45) is 21.7 Å². The minimum atomic E-state index is -1.56. The van der Waals surface area contributed by atoms with Crippen molar-refractivity contribution in [2.45, 2.75) is 121 Å². The Kier molecular flexibility index (Phi) is 6.09. The summed E-state index contributed by atoms with van der Waals surface area (Å²) in [7, 11) is 0. The van der Waals surface area contributed by atoms with Crippen LogP contribution in [0, 0.1) is 28.6 Å². The highest BCUT2D eigenvalue weighted by molar-refractivity contribution is 8.00. The molecule has 0 spiro atoms. The van der Waals surface area contributed by atoms with Gasteiger partial charge >= 0.3 is 29.5 Å². The molecular weight excluding hydrogens is 612 g/mol. The van der Waals surface area contributed by atoms with Gasteiger partial charge in [0.05, 0.1) is 21.1 Å². The van der Waals surface area contributed by atoms with Gasteiger partial charge in [-0.2, -0.15) is 0 Å². The quantitative estimate of drug-likeness (QED) is 0.228. The molecule has 46 heavy (non-hydrogen) atoms. The fourth-order valence-corrected chi connectivity index (χ4v) is 10.1. The number of esters is 4. The maximum atomic E-state index is 14.5.